The number of halogens is 4. The highest BCUT2D eigenvalue weighted by Crippen LogP contribution is 2.49. The third-order valence-electron chi connectivity index (χ3n) is 5.31. The van der Waals surface area contributed by atoms with Gasteiger partial charge in [0.15, 0.2) is 0 Å². The molecular formula is C28H16Cl4O. The number of benzene rings is 4. The first-order valence-corrected chi connectivity index (χ1v) is 11.7. The van der Waals surface area contributed by atoms with Crippen LogP contribution in [0, 0.1) is 0 Å². The molecule has 0 radical (unpaired) electrons. The normalized spacial score (nSPS) is 11.0. The van der Waals surface area contributed by atoms with E-state index in [1.54, 1.807) is 0 Å². The van der Waals surface area contributed by atoms with Crippen LogP contribution in [-0.4, -0.2) is 0 Å². The lowest BCUT2D eigenvalue weighted by Crippen LogP contribution is -1.86. The highest BCUT2D eigenvalue weighted by Gasteiger charge is 2.25. The molecule has 33 heavy (non-hydrogen) atoms. The molecule has 0 fully saturated rings. The molecule has 5 rings (SSSR count). The lowest BCUT2D eigenvalue weighted by molar-refractivity contribution is 0.599. The van der Waals surface area contributed by atoms with Crippen molar-refractivity contribution >= 4 is 46.4 Å². The molecule has 0 saturated heterocycles. The Labute approximate surface area is 212 Å². The van der Waals surface area contributed by atoms with Gasteiger partial charge in [-0.3, -0.25) is 0 Å². The van der Waals surface area contributed by atoms with Gasteiger partial charge in [0.25, 0.3) is 0 Å². The van der Waals surface area contributed by atoms with Gasteiger partial charge < -0.3 is 4.42 Å². The minimum absolute atomic E-state index is 0.620. The Bertz CT molecular complexity index is 1360. The fourth-order valence-electron chi connectivity index (χ4n) is 3.94. The van der Waals surface area contributed by atoms with Crippen molar-refractivity contribution in [2.75, 3.05) is 0 Å². The molecule has 0 aliphatic carbocycles. The van der Waals surface area contributed by atoms with Crippen molar-refractivity contribution in [1.29, 1.82) is 0 Å². The largest absolute Gasteiger partial charge is 0.455 e. The summed E-state index contributed by atoms with van der Waals surface area (Å²) in [6.07, 6.45) is 0. The summed E-state index contributed by atoms with van der Waals surface area (Å²) in [6.45, 7) is 0. The highest BCUT2D eigenvalue weighted by molar-refractivity contribution is 6.32. The molecule has 0 saturated carbocycles. The number of hydrogen-bond acceptors (Lipinski definition) is 1. The molecule has 4 aromatic carbocycles. The summed E-state index contributed by atoms with van der Waals surface area (Å²) in [7, 11) is 0. The van der Waals surface area contributed by atoms with Crippen molar-refractivity contribution in [3.05, 3.63) is 117 Å². The minimum Gasteiger partial charge on any atom is -0.455 e. The third-order valence-corrected chi connectivity index (χ3v) is 6.25. The second-order valence-electron chi connectivity index (χ2n) is 7.55. The zero-order valence-corrected chi connectivity index (χ0v) is 20.2. The molecule has 1 heterocycles. The Morgan fingerprint density at radius 2 is 0.697 bits per heavy atom. The van der Waals surface area contributed by atoms with Crippen molar-refractivity contribution in [2.24, 2.45) is 0 Å². The first kappa shape index (κ1) is 22.1. The fraction of sp³-hybridized carbons (Fsp3) is 0. The predicted octanol–water partition coefficient (Wildman–Crippen LogP) is 10.6. The van der Waals surface area contributed by atoms with E-state index in [4.69, 9.17) is 50.8 Å². The van der Waals surface area contributed by atoms with Crippen LogP contribution in [0.2, 0.25) is 20.1 Å². The lowest BCUT2D eigenvalue weighted by Gasteiger charge is -2.09. The van der Waals surface area contributed by atoms with Gasteiger partial charge in [0.05, 0.1) is 0 Å². The molecule has 0 atom stereocenters. The van der Waals surface area contributed by atoms with Crippen molar-refractivity contribution in [3.63, 3.8) is 0 Å². The van der Waals surface area contributed by atoms with E-state index in [1.165, 1.54) is 0 Å². The Morgan fingerprint density at radius 1 is 0.394 bits per heavy atom. The summed E-state index contributed by atoms with van der Waals surface area (Å²) in [4.78, 5) is 0. The van der Waals surface area contributed by atoms with E-state index in [0.717, 1.165) is 33.4 Å². The Morgan fingerprint density at radius 3 is 1.03 bits per heavy atom. The Balaban J connectivity index is 1.92. The average Bonchev–Trinajstić information content (AvgIpc) is 3.20. The summed E-state index contributed by atoms with van der Waals surface area (Å²) in [6, 6.07) is 30.6. The monoisotopic (exact) mass is 508 g/mol. The van der Waals surface area contributed by atoms with Gasteiger partial charge in [-0.2, -0.15) is 0 Å². The van der Waals surface area contributed by atoms with Crippen LogP contribution >= 0.6 is 46.4 Å². The van der Waals surface area contributed by atoms with E-state index in [2.05, 4.69) is 0 Å². The molecule has 0 aliphatic heterocycles. The average molecular weight is 510 g/mol. The zero-order chi connectivity index (χ0) is 22.9. The lowest BCUT2D eigenvalue weighted by atomic mass is 9.91. The predicted molar refractivity (Wildman–Crippen MR) is 140 cm³/mol. The Hall–Kier alpha value is -2.68. The molecule has 0 bridgehead atoms. The molecule has 1 nitrogen and oxygen atoms in total. The Kier molecular flexibility index (Phi) is 6.23. The number of furan rings is 1. The molecule has 162 valence electrons. The van der Waals surface area contributed by atoms with Gasteiger partial charge in [0.2, 0.25) is 0 Å². The molecule has 0 amide bonds. The smallest absolute Gasteiger partial charge is 0.143 e. The molecule has 5 aromatic rings. The van der Waals surface area contributed by atoms with Crippen LogP contribution in [0.1, 0.15) is 0 Å². The maximum Gasteiger partial charge on any atom is 0.143 e. The molecular weight excluding hydrogens is 494 g/mol. The second kappa shape index (κ2) is 9.29. The van der Waals surface area contributed by atoms with Gasteiger partial charge >= 0.3 is 0 Å². The van der Waals surface area contributed by atoms with Crippen molar-refractivity contribution in [3.8, 4) is 44.9 Å². The quantitative estimate of drug-likeness (QED) is 0.235. The summed E-state index contributed by atoms with van der Waals surface area (Å²) in [5.74, 6) is 1.37. The maximum absolute atomic E-state index is 6.61. The van der Waals surface area contributed by atoms with Gasteiger partial charge in [-0.25, -0.2) is 0 Å². The van der Waals surface area contributed by atoms with E-state index >= 15 is 0 Å². The van der Waals surface area contributed by atoms with Crippen molar-refractivity contribution in [1.82, 2.24) is 0 Å². The maximum atomic E-state index is 6.61. The number of hydrogen-bond donors (Lipinski definition) is 0. The zero-order valence-electron chi connectivity index (χ0n) is 17.2. The van der Waals surface area contributed by atoms with Gasteiger partial charge in [-0.05, 0) is 59.7 Å². The van der Waals surface area contributed by atoms with Gasteiger partial charge in [-0.1, -0.05) is 94.9 Å². The molecule has 5 heteroatoms. The first-order chi connectivity index (χ1) is 16.0. The van der Waals surface area contributed by atoms with E-state index < -0.39 is 0 Å². The molecule has 0 unspecified atom stereocenters. The summed E-state index contributed by atoms with van der Waals surface area (Å²) < 4.78 is 6.61. The molecule has 0 aliphatic rings. The minimum atomic E-state index is 0.620. The third kappa shape index (κ3) is 4.55. The van der Waals surface area contributed by atoms with E-state index in [1.807, 2.05) is 97.1 Å². The highest BCUT2D eigenvalue weighted by atomic mass is 35.5. The summed E-state index contributed by atoms with van der Waals surface area (Å²) >= 11 is 25.5. The van der Waals surface area contributed by atoms with Crippen LogP contribution in [0.5, 0.6) is 0 Å². The van der Waals surface area contributed by atoms with Crippen LogP contribution in [0.4, 0.5) is 0 Å². The van der Waals surface area contributed by atoms with Crippen LogP contribution in [0.15, 0.2) is 101 Å². The standard InChI is InChI=1S/C28H16Cl4O/c29-21-9-1-5-17(13-21)25-26(18-6-2-10-22(30)14-18)28(20-8-4-12-24(32)16-20)33-27(25)19-7-3-11-23(31)15-19/h1-16H. The molecule has 0 N–H and O–H groups in total. The van der Waals surface area contributed by atoms with Crippen LogP contribution in [-0.2, 0) is 0 Å². The van der Waals surface area contributed by atoms with Crippen molar-refractivity contribution < 1.29 is 4.42 Å². The van der Waals surface area contributed by atoms with Crippen LogP contribution < -0.4 is 0 Å². The van der Waals surface area contributed by atoms with Gasteiger partial charge in [0, 0.05) is 42.3 Å². The summed E-state index contributed by atoms with van der Waals surface area (Å²) in [5, 5.41) is 2.50. The van der Waals surface area contributed by atoms with Gasteiger partial charge in [-0.15, -0.1) is 0 Å². The number of rotatable bonds is 4. The molecule has 0 spiro atoms. The van der Waals surface area contributed by atoms with Gasteiger partial charge in [0.1, 0.15) is 11.5 Å². The van der Waals surface area contributed by atoms with Crippen LogP contribution in [0.25, 0.3) is 44.9 Å². The second-order valence-corrected chi connectivity index (χ2v) is 9.30. The van der Waals surface area contributed by atoms with E-state index in [-0.39, 0.29) is 0 Å². The fourth-order valence-corrected chi connectivity index (χ4v) is 4.70. The summed E-state index contributed by atoms with van der Waals surface area (Å²) in [5.41, 5.74) is 5.35. The van der Waals surface area contributed by atoms with Crippen LogP contribution in [0.3, 0.4) is 0 Å². The van der Waals surface area contributed by atoms with Crippen molar-refractivity contribution in [2.45, 2.75) is 0 Å². The van der Waals surface area contributed by atoms with E-state index in [0.29, 0.717) is 31.6 Å². The topological polar surface area (TPSA) is 13.1 Å². The SMILES string of the molecule is Clc1cccc(-c2oc(-c3cccc(Cl)c3)c(-c3cccc(Cl)c3)c2-c2cccc(Cl)c2)c1. The molecule has 1 aromatic heterocycles. The first-order valence-electron chi connectivity index (χ1n) is 10.2. The van der Waals surface area contributed by atoms with E-state index in [9.17, 15) is 0 Å².